The first kappa shape index (κ1) is 18.1. The van der Waals surface area contributed by atoms with Gasteiger partial charge in [-0.3, -0.25) is 0 Å². The second kappa shape index (κ2) is 11.7. The highest BCUT2D eigenvalue weighted by molar-refractivity contribution is 5.24. The van der Waals surface area contributed by atoms with Crippen molar-refractivity contribution in [2.45, 2.75) is 26.4 Å². The van der Waals surface area contributed by atoms with Crippen molar-refractivity contribution >= 4 is 0 Å². The van der Waals surface area contributed by atoms with E-state index in [0.29, 0.717) is 39.0 Å². The zero-order valence-electron chi connectivity index (χ0n) is 13.6. The molecule has 1 rings (SSSR count). The summed E-state index contributed by atoms with van der Waals surface area (Å²) in [5, 5.41) is 3.38. The third-order valence-corrected chi connectivity index (χ3v) is 3.32. The van der Waals surface area contributed by atoms with Gasteiger partial charge < -0.3 is 19.5 Å². The van der Waals surface area contributed by atoms with Crippen LogP contribution in [-0.4, -0.2) is 46.6 Å². The van der Waals surface area contributed by atoms with Gasteiger partial charge in [-0.2, -0.15) is 0 Å². The fraction of sp³-hybridized carbons (Fsp3) is 0.647. The lowest BCUT2D eigenvalue weighted by Gasteiger charge is -2.13. The minimum absolute atomic E-state index is 0.536. The van der Waals surface area contributed by atoms with E-state index in [1.807, 2.05) is 0 Å². The van der Waals surface area contributed by atoms with Crippen LogP contribution in [0.25, 0.3) is 0 Å². The van der Waals surface area contributed by atoms with Crippen molar-refractivity contribution in [2.24, 2.45) is 0 Å². The van der Waals surface area contributed by atoms with Crippen molar-refractivity contribution in [1.29, 1.82) is 0 Å². The summed E-state index contributed by atoms with van der Waals surface area (Å²) in [7, 11) is 1.67. The van der Waals surface area contributed by atoms with E-state index < -0.39 is 0 Å². The molecule has 0 aliphatic heterocycles. The fourth-order valence-corrected chi connectivity index (χ4v) is 1.97. The second-order valence-electron chi connectivity index (χ2n) is 5.11. The molecule has 0 aromatic heterocycles. The van der Waals surface area contributed by atoms with Crippen LogP contribution in [0, 0.1) is 0 Å². The first-order valence-corrected chi connectivity index (χ1v) is 7.72. The highest BCUT2D eigenvalue weighted by Crippen LogP contribution is 2.15. The fourth-order valence-electron chi connectivity index (χ4n) is 1.97. The van der Waals surface area contributed by atoms with E-state index >= 15 is 0 Å². The Hall–Kier alpha value is -0.940. The van der Waals surface area contributed by atoms with Crippen molar-refractivity contribution in [3.63, 3.8) is 0 Å². The Balaban J connectivity index is 2.19. The number of hydrogen-bond acceptors (Lipinski definition) is 4. The van der Waals surface area contributed by atoms with E-state index in [0.717, 1.165) is 13.1 Å². The van der Waals surface area contributed by atoms with E-state index in [1.165, 1.54) is 11.1 Å². The molecule has 0 fully saturated rings. The molecule has 0 amide bonds. The first-order chi connectivity index (χ1) is 10.3. The normalized spacial score (nSPS) is 12.5. The number of methoxy groups -OCH3 is 1. The molecular formula is C17H29NO3. The SMILES string of the molecule is CCNCC(C)c1ccc(COCCOCCOC)cc1. The molecule has 0 aliphatic carbocycles. The third-order valence-electron chi connectivity index (χ3n) is 3.32. The summed E-state index contributed by atoms with van der Waals surface area (Å²) in [6.07, 6.45) is 0. The lowest BCUT2D eigenvalue weighted by Crippen LogP contribution is -2.19. The van der Waals surface area contributed by atoms with Gasteiger partial charge in [-0.15, -0.1) is 0 Å². The van der Waals surface area contributed by atoms with Gasteiger partial charge in [0.1, 0.15) is 0 Å². The summed E-state index contributed by atoms with van der Waals surface area (Å²) in [6, 6.07) is 8.67. The summed E-state index contributed by atoms with van der Waals surface area (Å²) in [6.45, 7) is 9.52. The quantitative estimate of drug-likeness (QED) is 0.602. The third kappa shape index (κ3) is 8.17. The van der Waals surface area contributed by atoms with Gasteiger partial charge >= 0.3 is 0 Å². The molecule has 1 unspecified atom stereocenters. The highest BCUT2D eigenvalue weighted by atomic mass is 16.5. The lowest BCUT2D eigenvalue weighted by atomic mass is 10.00. The molecule has 0 saturated carbocycles. The van der Waals surface area contributed by atoms with Crippen LogP contribution in [0.2, 0.25) is 0 Å². The predicted octanol–water partition coefficient (Wildman–Crippen LogP) is 2.58. The van der Waals surface area contributed by atoms with Crippen LogP contribution in [0.3, 0.4) is 0 Å². The van der Waals surface area contributed by atoms with Crippen LogP contribution in [0.5, 0.6) is 0 Å². The van der Waals surface area contributed by atoms with Gasteiger partial charge in [0.15, 0.2) is 0 Å². The number of rotatable bonds is 12. The summed E-state index contributed by atoms with van der Waals surface area (Å²) in [4.78, 5) is 0. The first-order valence-electron chi connectivity index (χ1n) is 7.72. The molecule has 1 atom stereocenters. The van der Waals surface area contributed by atoms with E-state index in [4.69, 9.17) is 14.2 Å². The van der Waals surface area contributed by atoms with E-state index in [1.54, 1.807) is 7.11 Å². The monoisotopic (exact) mass is 295 g/mol. The number of benzene rings is 1. The summed E-state index contributed by atoms with van der Waals surface area (Å²) >= 11 is 0. The molecule has 1 aromatic rings. The summed E-state index contributed by atoms with van der Waals surface area (Å²) in [5.74, 6) is 0.536. The molecule has 4 heteroatoms. The maximum absolute atomic E-state index is 5.59. The van der Waals surface area contributed by atoms with Crippen molar-refractivity contribution in [3.8, 4) is 0 Å². The van der Waals surface area contributed by atoms with Crippen LogP contribution in [0.4, 0.5) is 0 Å². The number of likely N-dealkylation sites (N-methyl/N-ethyl adjacent to an activating group) is 1. The number of hydrogen-bond donors (Lipinski definition) is 1. The molecule has 0 aliphatic rings. The van der Waals surface area contributed by atoms with Gasteiger partial charge in [0.25, 0.3) is 0 Å². The molecule has 1 aromatic carbocycles. The number of ether oxygens (including phenoxy) is 3. The minimum Gasteiger partial charge on any atom is -0.382 e. The molecular weight excluding hydrogens is 266 g/mol. The van der Waals surface area contributed by atoms with Crippen molar-refractivity contribution < 1.29 is 14.2 Å². The molecule has 21 heavy (non-hydrogen) atoms. The molecule has 0 heterocycles. The Morgan fingerprint density at radius 1 is 1.00 bits per heavy atom. The Morgan fingerprint density at radius 3 is 2.33 bits per heavy atom. The van der Waals surface area contributed by atoms with Crippen LogP contribution in [0.1, 0.15) is 30.9 Å². The smallest absolute Gasteiger partial charge is 0.0718 e. The van der Waals surface area contributed by atoms with Crippen molar-refractivity contribution in [2.75, 3.05) is 46.6 Å². The zero-order valence-corrected chi connectivity index (χ0v) is 13.6. The average molecular weight is 295 g/mol. The number of nitrogens with one attached hydrogen (secondary N) is 1. The highest BCUT2D eigenvalue weighted by Gasteiger charge is 2.04. The van der Waals surface area contributed by atoms with Crippen molar-refractivity contribution in [1.82, 2.24) is 5.32 Å². The summed E-state index contributed by atoms with van der Waals surface area (Å²) < 4.78 is 15.8. The maximum atomic E-state index is 5.59. The Kier molecular flexibility index (Phi) is 10.1. The molecule has 0 spiro atoms. The molecule has 120 valence electrons. The van der Waals surface area contributed by atoms with Gasteiger partial charge in [-0.25, -0.2) is 0 Å². The van der Waals surface area contributed by atoms with Gasteiger partial charge in [-0.1, -0.05) is 38.1 Å². The van der Waals surface area contributed by atoms with Crippen LogP contribution in [0.15, 0.2) is 24.3 Å². The maximum Gasteiger partial charge on any atom is 0.0718 e. The molecule has 0 radical (unpaired) electrons. The Bertz CT molecular complexity index is 354. The average Bonchev–Trinajstić information content (AvgIpc) is 2.52. The molecule has 0 saturated heterocycles. The molecule has 0 bridgehead atoms. The van der Waals surface area contributed by atoms with Crippen LogP contribution < -0.4 is 5.32 Å². The molecule has 4 nitrogen and oxygen atoms in total. The molecule has 1 N–H and O–H groups in total. The van der Waals surface area contributed by atoms with E-state index in [-0.39, 0.29) is 0 Å². The topological polar surface area (TPSA) is 39.7 Å². The lowest BCUT2D eigenvalue weighted by molar-refractivity contribution is 0.0199. The minimum atomic E-state index is 0.536. The zero-order chi connectivity index (χ0) is 15.3. The second-order valence-corrected chi connectivity index (χ2v) is 5.11. The van der Waals surface area contributed by atoms with E-state index in [2.05, 4.69) is 43.4 Å². The van der Waals surface area contributed by atoms with Crippen LogP contribution >= 0.6 is 0 Å². The Morgan fingerprint density at radius 2 is 1.67 bits per heavy atom. The Labute approximate surface area is 128 Å². The van der Waals surface area contributed by atoms with Crippen molar-refractivity contribution in [3.05, 3.63) is 35.4 Å². The summed E-state index contributed by atoms with van der Waals surface area (Å²) in [5.41, 5.74) is 2.56. The van der Waals surface area contributed by atoms with E-state index in [9.17, 15) is 0 Å². The van der Waals surface area contributed by atoms with Crippen LogP contribution in [-0.2, 0) is 20.8 Å². The predicted molar refractivity (Wildman–Crippen MR) is 85.8 cm³/mol. The van der Waals surface area contributed by atoms with Gasteiger partial charge in [-0.05, 0) is 23.6 Å². The van der Waals surface area contributed by atoms with Gasteiger partial charge in [0.05, 0.1) is 33.0 Å². The largest absolute Gasteiger partial charge is 0.382 e. The van der Waals surface area contributed by atoms with Gasteiger partial charge in [0, 0.05) is 13.7 Å². The standard InChI is InChI=1S/C17H29NO3/c1-4-18-13-15(2)17-7-5-16(6-8-17)14-21-12-11-20-10-9-19-3/h5-8,15,18H,4,9-14H2,1-3H3. The van der Waals surface area contributed by atoms with Gasteiger partial charge in [0.2, 0.25) is 0 Å².